The van der Waals surface area contributed by atoms with Crippen molar-refractivity contribution in [2.45, 2.75) is 11.1 Å². The number of hydrogen-bond acceptors (Lipinski definition) is 4. The molecule has 6 nitrogen and oxygen atoms in total. The number of rotatable bonds is 7. The predicted octanol–water partition coefficient (Wildman–Crippen LogP) is 6.35. The molecule has 0 N–H and O–H groups in total. The molecule has 0 saturated heterocycles. The van der Waals surface area contributed by atoms with Gasteiger partial charge in [0, 0.05) is 47.4 Å². The first-order valence-corrected chi connectivity index (χ1v) is 14.2. The summed E-state index contributed by atoms with van der Waals surface area (Å²) < 4.78 is 62.8. The van der Waals surface area contributed by atoms with E-state index in [1.54, 1.807) is 60.8 Å². The Morgan fingerprint density at radius 2 is 1.63 bits per heavy atom. The van der Waals surface area contributed by atoms with Crippen molar-refractivity contribution in [3.05, 3.63) is 118 Å². The van der Waals surface area contributed by atoms with Gasteiger partial charge in [-0.2, -0.15) is 0 Å². The van der Waals surface area contributed by atoms with Gasteiger partial charge < -0.3 is 9.30 Å². The van der Waals surface area contributed by atoms with Gasteiger partial charge in [0.1, 0.15) is 17.1 Å². The van der Waals surface area contributed by atoms with E-state index >= 15 is 0 Å². The molecule has 0 aliphatic rings. The summed E-state index contributed by atoms with van der Waals surface area (Å²) in [6, 6.07) is 18.5. The van der Waals surface area contributed by atoms with Crippen LogP contribution in [0.5, 0.6) is 11.5 Å². The highest BCUT2D eigenvalue weighted by Gasteiger charge is 2.23. The highest BCUT2D eigenvalue weighted by atomic mass is 79.9. The molecule has 2 aromatic heterocycles. The Bertz CT molecular complexity index is 1830. The van der Waals surface area contributed by atoms with E-state index in [1.807, 2.05) is 0 Å². The number of ether oxygens (including phenoxy) is 1. The number of halogens is 3. The smallest absolute Gasteiger partial charge is 0.275 e. The maximum Gasteiger partial charge on any atom is 0.275 e. The number of fused-ring (bicyclic) bond motifs is 1. The van der Waals surface area contributed by atoms with Crippen molar-refractivity contribution in [3.63, 3.8) is 0 Å². The van der Waals surface area contributed by atoms with E-state index in [2.05, 4.69) is 15.9 Å². The fraction of sp³-hybridized carbons (Fsp3) is 0.107. The summed E-state index contributed by atoms with van der Waals surface area (Å²) in [4.78, 5) is 13.2. The molecule has 0 bridgehead atoms. The van der Waals surface area contributed by atoms with Crippen LogP contribution in [0.3, 0.4) is 0 Å². The number of pyridine rings is 1. The monoisotopic (exact) mass is 598 g/mol. The third-order valence-electron chi connectivity index (χ3n) is 6.08. The first kappa shape index (κ1) is 25.9. The lowest BCUT2D eigenvalue weighted by atomic mass is 10.0. The van der Waals surface area contributed by atoms with Gasteiger partial charge in [-0.3, -0.25) is 4.79 Å². The quantitative estimate of drug-likeness (QED) is 0.205. The Balaban J connectivity index is 1.70. The number of aryl methyl sites for hydroxylation is 1. The van der Waals surface area contributed by atoms with E-state index < -0.39 is 27.2 Å². The fourth-order valence-corrected chi connectivity index (χ4v) is 6.07. The van der Waals surface area contributed by atoms with Gasteiger partial charge in [0.05, 0.1) is 5.75 Å². The second-order valence-electron chi connectivity index (χ2n) is 8.72. The Morgan fingerprint density at radius 3 is 2.34 bits per heavy atom. The summed E-state index contributed by atoms with van der Waals surface area (Å²) >= 11 is 3.43. The summed E-state index contributed by atoms with van der Waals surface area (Å²) in [5, 5.41) is 0.896. The number of benzene rings is 3. The molecule has 10 heteroatoms. The van der Waals surface area contributed by atoms with E-state index in [4.69, 9.17) is 4.74 Å². The molecular formula is C28H21BrF2N2O4S. The normalized spacial score (nSPS) is 11.7. The molecule has 0 saturated carbocycles. The van der Waals surface area contributed by atoms with Crippen molar-refractivity contribution in [3.8, 4) is 22.6 Å². The minimum Gasteiger partial charge on any atom is -0.454 e. The van der Waals surface area contributed by atoms with Gasteiger partial charge in [0.2, 0.25) is 10.0 Å². The van der Waals surface area contributed by atoms with Crippen LogP contribution >= 0.6 is 15.9 Å². The van der Waals surface area contributed by atoms with Crippen LogP contribution < -0.4 is 10.3 Å². The Morgan fingerprint density at radius 1 is 0.895 bits per heavy atom. The lowest BCUT2D eigenvalue weighted by molar-refractivity contribution is 0.439. The van der Waals surface area contributed by atoms with Crippen LogP contribution in [0.2, 0.25) is 0 Å². The summed E-state index contributed by atoms with van der Waals surface area (Å²) in [5.41, 5.74) is 1.97. The summed E-state index contributed by atoms with van der Waals surface area (Å²) in [7, 11) is -2.41. The number of nitrogens with zero attached hydrogens (tertiary/aromatic N) is 2. The van der Waals surface area contributed by atoms with Crippen LogP contribution in [-0.4, -0.2) is 17.0 Å². The average Bonchev–Trinajstić information content (AvgIpc) is 3.35. The van der Waals surface area contributed by atoms with E-state index in [9.17, 15) is 22.0 Å². The topological polar surface area (TPSA) is 70.3 Å². The van der Waals surface area contributed by atoms with Crippen molar-refractivity contribution < 1.29 is 21.9 Å². The van der Waals surface area contributed by atoms with Crippen molar-refractivity contribution in [1.82, 2.24) is 8.54 Å². The molecule has 0 amide bonds. The van der Waals surface area contributed by atoms with Crippen LogP contribution in [0.4, 0.5) is 8.78 Å². The van der Waals surface area contributed by atoms with E-state index in [0.29, 0.717) is 27.4 Å². The van der Waals surface area contributed by atoms with Gasteiger partial charge in [0.15, 0.2) is 11.6 Å². The maximum absolute atomic E-state index is 14.4. The zero-order chi connectivity index (χ0) is 27.0. The molecule has 0 radical (unpaired) electrons. The van der Waals surface area contributed by atoms with Gasteiger partial charge in [-0.05, 0) is 41.5 Å². The Kier molecular flexibility index (Phi) is 6.93. The van der Waals surface area contributed by atoms with Crippen LogP contribution in [0, 0.1) is 11.6 Å². The van der Waals surface area contributed by atoms with Crippen molar-refractivity contribution in [1.29, 1.82) is 0 Å². The SMILES string of the molecule is Cn1cc(-c2cc(CBr)ccc2Oc2ccc(F)cc2F)c2ccn(S(=O)(=O)Cc3ccccc3)c2c1=O. The first-order valence-electron chi connectivity index (χ1n) is 11.5. The Labute approximate surface area is 225 Å². The first-order chi connectivity index (χ1) is 18.2. The van der Waals surface area contributed by atoms with Gasteiger partial charge in [-0.25, -0.2) is 21.2 Å². The molecule has 0 aliphatic heterocycles. The number of aromatic nitrogens is 2. The molecule has 0 atom stereocenters. The van der Waals surface area contributed by atoms with Gasteiger partial charge in [0.25, 0.3) is 5.56 Å². The largest absolute Gasteiger partial charge is 0.454 e. The highest BCUT2D eigenvalue weighted by Crippen LogP contribution is 2.39. The zero-order valence-corrected chi connectivity index (χ0v) is 22.5. The second-order valence-corrected chi connectivity index (χ2v) is 11.1. The van der Waals surface area contributed by atoms with Crippen molar-refractivity contribution in [2.24, 2.45) is 7.05 Å². The van der Waals surface area contributed by atoms with Crippen molar-refractivity contribution in [2.75, 3.05) is 0 Å². The second kappa shape index (κ2) is 10.2. The van der Waals surface area contributed by atoms with Gasteiger partial charge in [-0.15, -0.1) is 0 Å². The fourth-order valence-electron chi connectivity index (χ4n) is 4.27. The van der Waals surface area contributed by atoms with E-state index in [0.717, 1.165) is 21.7 Å². The molecule has 0 unspecified atom stereocenters. The molecule has 2 heterocycles. The highest BCUT2D eigenvalue weighted by molar-refractivity contribution is 9.08. The minimum absolute atomic E-state index is 0.0101. The van der Waals surface area contributed by atoms with Crippen LogP contribution in [0.1, 0.15) is 11.1 Å². The van der Waals surface area contributed by atoms with E-state index in [-0.39, 0.29) is 22.8 Å². The molecule has 5 rings (SSSR count). The average molecular weight is 599 g/mol. The maximum atomic E-state index is 14.4. The standard InChI is InChI=1S/C28H21BrF2N2O4S/c1-32-16-23(22-13-19(15-29)7-9-25(22)37-26-10-8-20(30)14-24(26)31)21-11-12-33(27(21)28(32)34)38(35,36)17-18-5-3-2-4-6-18/h2-14,16H,15,17H2,1H3. The molecular weight excluding hydrogens is 578 g/mol. The minimum atomic E-state index is -3.94. The molecule has 3 aromatic carbocycles. The third kappa shape index (κ3) is 4.89. The molecule has 0 fully saturated rings. The molecule has 0 spiro atoms. The molecule has 5 aromatic rings. The molecule has 38 heavy (non-hydrogen) atoms. The van der Waals surface area contributed by atoms with Gasteiger partial charge in [-0.1, -0.05) is 52.3 Å². The lowest BCUT2D eigenvalue weighted by Crippen LogP contribution is -2.23. The summed E-state index contributed by atoms with van der Waals surface area (Å²) in [6.45, 7) is 0. The molecule has 0 aliphatic carbocycles. The van der Waals surface area contributed by atoms with Crippen LogP contribution in [0.25, 0.3) is 22.0 Å². The van der Waals surface area contributed by atoms with E-state index in [1.165, 1.54) is 23.9 Å². The summed E-state index contributed by atoms with van der Waals surface area (Å²) in [6.07, 6.45) is 2.95. The van der Waals surface area contributed by atoms with Crippen LogP contribution in [-0.2, 0) is 28.2 Å². The van der Waals surface area contributed by atoms with Gasteiger partial charge >= 0.3 is 0 Å². The van der Waals surface area contributed by atoms with Crippen LogP contribution in [0.15, 0.2) is 90.0 Å². The zero-order valence-electron chi connectivity index (χ0n) is 20.1. The number of hydrogen-bond donors (Lipinski definition) is 0. The third-order valence-corrected chi connectivity index (χ3v) is 8.33. The lowest BCUT2D eigenvalue weighted by Gasteiger charge is -2.15. The van der Waals surface area contributed by atoms with Crippen molar-refractivity contribution >= 4 is 36.9 Å². The predicted molar refractivity (Wildman–Crippen MR) is 146 cm³/mol. The number of alkyl halides is 1. The summed E-state index contributed by atoms with van der Waals surface area (Å²) in [5.74, 6) is -1.82. The molecule has 194 valence electrons. The Hall–Kier alpha value is -3.76.